The maximum absolute atomic E-state index is 4.39. The summed E-state index contributed by atoms with van der Waals surface area (Å²) >= 11 is 0. The molecule has 1 aromatic heterocycles. The molecule has 104 valence electrons. The quantitative estimate of drug-likeness (QED) is 0.905. The average molecular weight is 267 g/mol. The van der Waals surface area contributed by atoms with Gasteiger partial charge in [0, 0.05) is 6.20 Å². The molecular formula is C17H21N3. The molecule has 0 fully saturated rings. The third kappa shape index (κ3) is 2.88. The second kappa shape index (κ2) is 6.14. The normalized spacial score (nSPS) is 15.1. The van der Waals surface area contributed by atoms with Crippen molar-refractivity contribution in [2.75, 3.05) is 6.54 Å². The Morgan fingerprint density at radius 3 is 2.90 bits per heavy atom. The van der Waals surface area contributed by atoms with Gasteiger partial charge in [0.1, 0.15) is 6.33 Å². The maximum Gasteiger partial charge on any atom is 0.115 e. The van der Waals surface area contributed by atoms with Crippen molar-refractivity contribution in [2.45, 2.75) is 38.6 Å². The van der Waals surface area contributed by atoms with E-state index in [4.69, 9.17) is 0 Å². The summed E-state index contributed by atoms with van der Waals surface area (Å²) in [5.74, 6) is 0. The van der Waals surface area contributed by atoms with Crippen LogP contribution in [0, 0.1) is 0 Å². The molecule has 0 radical (unpaired) electrons. The van der Waals surface area contributed by atoms with Crippen LogP contribution in [0.15, 0.2) is 36.8 Å². The molecular weight excluding hydrogens is 246 g/mol. The Kier molecular flexibility index (Phi) is 4.07. The molecule has 3 nitrogen and oxygen atoms in total. The molecule has 1 unspecified atom stereocenters. The van der Waals surface area contributed by atoms with Gasteiger partial charge in [0.25, 0.3) is 0 Å². The predicted molar refractivity (Wildman–Crippen MR) is 80.6 cm³/mol. The van der Waals surface area contributed by atoms with E-state index in [1.54, 1.807) is 11.9 Å². The molecule has 1 atom stereocenters. The number of likely N-dealkylation sites (N-methyl/N-ethyl adjacent to an activating group) is 1. The Labute approximate surface area is 120 Å². The largest absolute Gasteiger partial charge is 0.309 e. The molecule has 2 aromatic rings. The van der Waals surface area contributed by atoms with Crippen LogP contribution in [0.25, 0.3) is 0 Å². The fraction of sp³-hybridized carbons (Fsp3) is 0.412. The number of rotatable bonds is 5. The highest BCUT2D eigenvalue weighted by molar-refractivity contribution is 5.35. The van der Waals surface area contributed by atoms with Gasteiger partial charge in [0.2, 0.25) is 0 Å². The van der Waals surface area contributed by atoms with Gasteiger partial charge in [0.15, 0.2) is 0 Å². The van der Waals surface area contributed by atoms with Crippen LogP contribution in [0.3, 0.4) is 0 Å². The van der Waals surface area contributed by atoms with Gasteiger partial charge in [-0.3, -0.25) is 0 Å². The monoisotopic (exact) mass is 267 g/mol. The molecule has 20 heavy (non-hydrogen) atoms. The molecule has 0 aliphatic heterocycles. The number of hydrogen-bond acceptors (Lipinski definition) is 3. The first kappa shape index (κ1) is 13.3. The van der Waals surface area contributed by atoms with Gasteiger partial charge >= 0.3 is 0 Å². The average Bonchev–Trinajstić information content (AvgIpc) is 2.95. The van der Waals surface area contributed by atoms with Crippen molar-refractivity contribution in [1.82, 2.24) is 15.3 Å². The highest BCUT2D eigenvalue weighted by Crippen LogP contribution is 2.25. The maximum atomic E-state index is 4.39. The molecule has 0 saturated carbocycles. The topological polar surface area (TPSA) is 37.8 Å². The predicted octanol–water partition coefficient (Wildman–Crippen LogP) is 2.86. The van der Waals surface area contributed by atoms with Crippen molar-refractivity contribution in [3.63, 3.8) is 0 Å². The van der Waals surface area contributed by atoms with Crippen molar-refractivity contribution in [3.8, 4) is 0 Å². The Morgan fingerprint density at radius 2 is 2.10 bits per heavy atom. The molecule has 0 saturated heterocycles. The lowest BCUT2D eigenvalue weighted by molar-refractivity contribution is 0.535. The highest BCUT2D eigenvalue weighted by atomic mass is 14.9. The van der Waals surface area contributed by atoms with Crippen LogP contribution in [0.5, 0.6) is 0 Å². The van der Waals surface area contributed by atoms with E-state index >= 15 is 0 Å². The van der Waals surface area contributed by atoms with Crippen molar-refractivity contribution in [1.29, 1.82) is 0 Å². The van der Waals surface area contributed by atoms with Gasteiger partial charge in [-0.1, -0.05) is 25.1 Å². The Bertz CT molecular complexity index is 566. The summed E-state index contributed by atoms with van der Waals surface area (Å²) in [4.78, 5) is 8.40. The summed E-state index contributed by atoms with van der Waals surface area (Å²) in [6, 6.07) is 9.23. The zero-order chi connectivity index (χ0) is 13.8. The fourth-order valence-electron chi connectivity index (χ4n) is 3.02. The minimum absolute atomic E-state index is 0.266. The van der Waals surface area contributed by atoms with Crippen LogP contribution in [0.4, 0.5) is 0 Å². The number of aromatic nitrogens is 2. The first-order valence-corrected chi connectivity index (χ1v) is 7.47. The Balaban J connectivity index is 1.80. The molecule has 0 bridgehead atoms. The van der Waals surface area contributed by atoms with E-state index in [-0.39, 0.29) is 6.04 Å². The molecule has 1 aromatic carbocycles. The van der Waals surface area contributed by atoms with E-state index in [2.05, 4.69) is 40.4 Å². The summed E-state index contributed by atoms with van der Waals surface area (Å²) in [6.45, 7) is 3.08. The smallest absolute Gasteiger partial charge is 0.115 e. The van der Waals surface area contributed by atoms with E-state index in [0.717, 1.165) is 18.7 Å². The first-order valence-electron chi connectivity index (χ1n) is 7.47. The number of benzene rings is 1. The van der Waals surface area contributed by atoms with Crippen LogP contribution >= 0.6 is 0 Å². The lowest BCUT2D eigenvalue weighted by atomic mass is 9.99. The summed E-state index contributed by atoms with van der Waals surface area (Å²) in [6.07, 6.45) is 8.22. The minimum Gasteiger partial charge on any atom is -0.309 e. The molecule has 1 N–H and O–H groups in total. The van der Waals surface area contributed by atoms with E-state index in [0.29, 0.717) is 0 Å². The second-order valence-electron chi connectivity index (χ2n) is 5.41. The Morgan fingerprint density at radius 1 is 1.20 bits per heavy atom. The number of aryl methyl sites for hydroxylation is 2. The van der Waals surface area contributed by atoms with Crippen LogP contribution in [0.2, 0.25) is 0 Å². The van der Waals surface area contributed by atoms with Gasteiger partial charge < -0.3 is 5.32 Å². The Hall–Kier alpha value is -1.74. The molecule has 1 aliphatic carbocycles. The standard InChI is InChI=1S/C17H21N3/c1-2-19-17(16-8-9-18-12-20-16)11-13-6-7-14-4-3-5-15(14)10-13/h6-10,12,17,19H,2-5,11H2,1H3. The molecule has 0 spiro atoms. The van der Waals surface area contributed by atoms with Crippen molar-refractivity contribution in [2.24, 2.45) is 0 Å². The van der Waals surface area contributed by atoms with E-state index in [1.165, 1.54) is 30.4 Å². The van der Waals surface area contributed by atoms with Gasteiger partial charge in [-0.2, -0.15) is 0 Å². The number of fused-ring (bicyclic) bond motifs is 1. The van der Waals surface area contributed by atoms with Crippen molar-refractivity contribution >= 4 is 0 Å². The molecule has 1 heterocycles. The van der Waals surface area contributed by atoms with Crippen LogP contribution in [0.1, 0.15) is 41.8 Å². The minimum atomic E-state index is 0.266. The van der Waals surface area contributed by atoms with Crippen molar-refractivity contribution in [3.05, 3.63) is 59.2 Å². The molecule has 1 aliphatic rings. The SMILES string of the molecule is CCNC(Cc1ccc2c(c1)CCC2)c1ccncn1. The van der Waals surface area contributed by atoms with E-state index in [1.807, 2.05) is 12.3 Å². The highest BCUT2D eigenvalue weighted by Gasteiger charge is 2.15. The molecule has 3 heteroatoms. The summed E-state index contributed by atoms with van der Waals surface area (Å²) in [5.41, 5.74) is 5.55. The molecule has 0 amide bonds. The van der Waals surface area contributed by atoms with Gasteiger partial charge in [-0.25, -0.2) is 9.97 Å². The number of nitrogens with zero attached hydrogens (tertiary/aromatic N) is 2. The van der Waals surface area contributed by atoms with Crippen LogP contribution in [-0.2, 0) is 19.3 Å². The number of hydrogen-bond donors (Lipinski definition) is 1. The van der Waals surface area contributed by atoms with Gasteiger partial charge in [-0.05, 0) is 55.0 Å². The lowest BCUT2D eigenvalue weighted by Crippen LogP contribution is -2.24. The summed E-state index contributed by atoms with van der Waals surface area (Å²) in [7, 11) is 0. The van der Waals surface area contributed by atoms with E-state index in [9.17, 15) is 0 Å². The van der Waals surface area contributed by atoms with Crippen LogP contribution < -0.4 is 5.32 Å². The second-order valence-corrected chi connectivity index (χ2v) is 5.41. The first-order chi connectivity index (χ1) is 9.86. The third-order valence-electron chi connectivity index (χ3n) is 4.02. The summed E-state index contributed by atoms with van der Waals surface area (Å²) < 4.78 is 0. The van der Waals surface area contributed by atoms with E-state index < -0.39 is 0 Å². The third-order valence-corrected chi connectivity index (χ3v) is 4.02. The van der Waals surface area contributed by atoms with Crippen LogP contribution in [-0.4, -0.2) is 16.5 Å². The summed E-state index contributed by atoms with van der Waals surface area (Å²) in [5, 5.41) is 3.52. The fourth-order valence-corrected chi connectivity index (χ4v) is 3.02. The van der Waals surface area contributed by atoms with Crippen molar-refractivity contribution < 1.29 is 0 Å². The molecule has 3 rings (SSSR count). The number of nitrogens with one attached hydrogen (secondary N) is 1. The van der Waals surface area contributed by atoms with Gasteiger partial charge in [0.05, 0.1) is 11.7 Å². The zero-order valence-electron chi connectivity index (χ0n) is 12.0. The lowest BCUT2D eigenvalue weighted by Gasteiger charge is -2.17. The zero-order valence-corrected chi connectivity index (χ0v) is 12.0. The van der Waals surface area contributed by atoms with Gasteiger partial charge in [-0.15, -0.1) is 0 Å².